The Kier molecular flexibility index (Phi) is 3.87. The van der Waals surface area contributed by atoms with Crippen LogP contribution in [0.5, 0.6) is 0 Å². The monoisotopic (exact) mass is 307 g/mol. The summed E-state index contributed by atoms with van der Waals surface area (Å²) in [4.78, 5) is 13.7. The number of carbonyl (C=O) groups is 1. The van der Waals surface area contributed by atoms with E-state index in [0.717, 1.165) is 12.1 Å². The van der Waals surface area contributed by atoms with Crippen molar-refractivity contribution in [2.24, 2.45) is 0 Å². The second kappa shape index (κ2) is 5.40. The lowest BCUT2D eigenvalue weighted by molar-refractivity contribution is 0.0965. The van der Waals surface area contributed by atoms with E-state index in [4.69, 9.17) is 4.42 Å². The lowest BCUT2D eigenvalue weighted by atomic mass is 10.1. The van der Waals surface area contributed by atoms with Crippen molar-refractivity contribution in [1.82, 2.24) is 0 Å². The smallest absolute Gasteiger partial charge is 0.293 e. The van der Waals surface area contributed by atoms with Crippen LogP contribution in [0.2, 0.25) is 0 Å². The lowest BCUT2D eigenvalue weighted by Crippen LogP contribution is -2.25. The van der Waals surface area contributed by atoms with E-state index in [1.165, 1.54) is 5.56 Å². The molecule has 0 aliphatic carbocycles. The van der Waals surface area contributed by atoms with Gasteiger partial charge in [0.15, 0.2) is 10.4 Å². The standard InChI is InChI=1S/C14H14BrNO2/c1-3-10-4-6-11(7-5-10)16(2)14(17)12-8-9-13(15)18-12/h4-9H,3H2,1-2H3. The van der Waals surface area contributed by atoms with E-state index in [9.17, 15) is 4.79 Å². The van der Waals surface area contributed by atoms with Gasteiger partial charge in [-0.1, -0.05) is 19.1 Å². The maximum Gasteiger partial charge on any atom is 0.293 e. The van der Waals surface area contributed by atoms with Gasteiger partial charge in [-0.15, -0.1) is 0 Å². The summed E-state index contributed by atoms with van der Waals surface area (Å²) in [6.07, 6.45) is 0.989. The third kappa shape index (κ3) is 2.64. The summed E-state index contributed by atoms with van der Waals surface area (Å²) in [6, 6.07) is 11.3. The fraction of sp³-hybridized carbons (Fsp3) is 0.214. The molecule has 0 N–H and O–H groups in total. The maximum atomic E-state index is 12.1. The van der Waals surface area contributed by atoms with Crippen LogP contribution in [-0.2, 0) is 6.42 Å². The largest absolute Gasteiger partial charge is 0.444 e. The van der Waals surface area contributed by atoms with E-state index in [1.54, 1.807) is 24.1 Å². The van der Waals surface area contributed by atoms with Gasteiger partial charge in [-0.05, 0) is 52.2 Å². The molecule has 4 heteroatoms. The number of amides is 1. The van der Waals surface area contributed by atoms with E-state index in [2.05, 4.69) is 22.9 Å². The molecule has 1 aromatic heterocycles. The van der Waals surface area contributed by atoms with Gasteiger partial charge < -0.3 is 9.32 Å². The molecular formula is C14H14BrNO2. The molecule has 0 atom stereocenters. The zero-order valence-corrected chi connectivity index (χ0v) is 11.9. The minimum absolute atomic E-state index is 0.162. The van der Waals surface area contributed by atoms with E-state index in [0.29, 0.717) is 10.4 Å². The fourth-order valence-corrected chi connectivity index (χ4v) is 1.97. The predicted octanol–water partition coefficient (Wildman–Crippen LogP) is 3.88. The molecule has 94 valence electrons. The molecule has 3 nitrogen and oxygen atoms in total. The first-order valence-electron chi connectivity index (χ1n) is 5.74. The minimum atomic E-state index is -0.162. The Morgan fingerprint density at radius 2 is 1.89 bits per heavy atom. The Bertz CT molecular complexity index is 545. The number of hydrogen-bond donors (Lipinski definition) is 0. The van der Waals surface area contributed by atoms with Crippen molar-refractivity contribution >= 4 is 27.5 Å². The third-order valence-electron chi connectivity index (χ3n) is 2.82. The summed E-state index contributed by atoms with van der Waals surface area (Å²) < 4.78 is 5.81. The van der Waals surface area contributed by atoms with Gasteiger partial charge in [-0.3, -0.25) is 4.79 Å². The molecule has 2 aromatic rings. The number of halogens is 1. The first-order valence-corrected chi connectivity index (χ1v) is 6.53. The summed E-state index contributed by atoms with van der Waals surface area (Å²) in [5.41, 5.74) is 2.10. The van der Waals surface area contributed by atoms with Crippen LogP contribution in [0.4, 0.5) is 5.69 Å². The van der Waals surface area contributed by atoms with Crippen molar-refractivity contribution in [1.29, 1.82) is 0 Å². The topological polar surface area (TPSA) is 33.5 Å². The molecule has 18 heavy (non-hydrogen) atoms. The van der Waals surface area contributed by atoms with E-state index in [1.807, 2.05) is 24.3 Å². The average molecular weight is 308 g/mol. The molecule has 0 aliphatic heterocycles. The molecule has 0 unspecified atom stereocenters. The summed E-state index contributed by atoms with van der Waals surface area (Å²) in [7, 11) is 1.74. The molecule has 0 aliphatic rings. The minimum Gasteiger partial charge on any atom is -0.444 e. The highest BCUT2D eigenvalue weighted by Gasteiger charge is 2.16. The van der Waals surface area contributed by atoms with Crippen molar-refractivity contribution in [3.63, 3.8) is 0 Å². The number of aryl methyl sites for hydroxylation is 1. The van der Waals surface area contributed by atoms with Crippen molar-refractivity contribution in [3.8, 4) is 0 Å². The molecular weight excluding hydrogens is 294 g/mol. The van der Waals surface area contributed by atoms with Crippen LogP contribution in [-0.4, -0.2) is 13.0 Å². The summed E-state index contributed by atoms with van der Waals surface area (Å²) in [5, 5.41) is 0. The second-order valence-corrected chi connectivity index (χ2v) is 4.77. The zero-order chi connectivity index (χ0) is 13.1. The molecule has 0 spiro atoms. The van der Waals surface area contributed by atoms with Crippen LogP contribution in [0.3, 0.4) is 0 Å². The quantitative estimate of drug-likeness (QED) is 0.862. The van der Waals surface area contributed by atoms with Gasteiger partial charge in [0.05, 0.1) is 0 Å². The van der Waals surface area contributed by atoms with Gasteiger partial charge in [0.25, 0.3) is 5.91 Å². The fourth-order valence-electron chi connectivity index (χ4n) is 1.67. The maximum absolute atomic E-state index is 12.1. The van der Waals surface area contributed by atoms with Crippen LogP contribution in [0, 0.1) is 0 Å². The van der Waals surface area contributed by atoms with Gasteiger partial charge in [-0.2, -0.15) is 0 Å². The van der Waals surface area contributed by atoms with Crippen molar-refractivity contribution in [2.45, 2.75) is 13.3 Å². The average Bonchev–Trinajstić information content (AvgIpc) is 2.84. The number of carbonyl (C=O) groups excluding carboxylic acids is 1. The summed E-state index contributed by atoms with van der Waals surface area (Å²) in [6.45, 7) is 2.10. The van der Waals surface area contributed by atoms with Crippen LogP contribution in [0.15, 0.2) is 45.5 Å². The summed E-state index contributed by atoms with van der Waals surface area (Å²) >= 11 is 3.19. The molecule has 1 amide bonds. The van der Waals surface area contributed by atoms with Crippen LogP contribution >= 0.6 is 15.9 Å². The number of rotatable bonds is 3. The summed E-state index contributed by atoms with van der Waals surface area (Å²) in [5.74, 6) is 0.161. The number of anilines is 1. The Labute approximate surface area is 115 Å². The lowest BCUT2D eigenvalue weighted by Gasteiger charge is -2.16. The van der Waals surface area contributed by atoms with Gasteiger partial charge in [0, 0.05) is 12.7 Å². The molecule has 2 rings (SSSR count). The highest BCUT2D eigenvalue weighted by atomic mass is 79.9. The molecule has 1 aromatic carbocycles. The van der Waals surface area contributed by atoms with E-state index >= 15 is 0 Å². The molecule has 0 saturated heterocycles. The second-order valence-electron chi connectivity index (χ2n) is 3.99. The zero-order valence-electron chi connectivity index (χ0n) is 10.3. The predicted molar refractivity (Wildman–Crippen MR) is 75.0 cm³/mol. The Balaban J connectivity index is 2.19. The van der Waals surface area contributed by atoms with Crippen molar-refractivity contribution < 1.29 is 9.21 Å². The number of furan rings is 1. The van der Waals surface area contributed by atoms with Crippen LogP contribution in [0.1, 0.15) is 23.0 Å². The number of nitrogens with zero attached hydrogens (tertiary/aromatic N) is 1. The van der Waals surface area contributed by atoms with Gasteiger partial charge >= 0.3 is 0 Å². The van der Waals surface area contributed by atoms with Gasteiger partial charge in [-0.25, -0.2) is 0 Å². The Hall–Kier alpha value is -1.55. The number of hydrogen-bond acceptors (Lipinski definition) is 2. The molecule has 0 saturated carbocycles. The van der Waals surface area contributed by atoms with Crippen LogP contribution in [0.25, 0.3) is 0 Å². The molecule has 0 bridgehead atoms. The molecule has 0 fully saturated rings. The Morgan fingerprint density at radius 1 is 1.22 bits per heavy atom. The van der Waals surface area contributed by atoms with Crippen molar-refractivity contribution in [3.05, 3.63) is 52.4 Å². The normalized spacial score (nSPS) is 10.4. The van der Waals surface area contributed by atoms with Gasteiger partial charge in [0.2, 0.25) is 0 Å². The number of benzene rings is 1. The SMILES string of the molecule is CCc1ccc(N(C)C(=O)c2ccc(Br)o2)cc1. The highest BCUT2D eigenvalue weighted by Crippen LogP contribution is 2.20. The van der Waals surface area contributed by atoms with Crippen molar-refractivity contribution in [2.75, 3.05) is 11.9 Å². The molecule has 1 heterocycles. The first kappa shape index (κ1) is 12.9. The Morgan fingerprint density at radius 3 is 2.39 bits per heavy atom. The highest BCUT2D eigenvalue weighted by molar-refractivity contribution is 9.10. The van der Waals surface area contributed by atoms with E-state index < -0.39 is 0 Å². The van der Waals surface area contributed by atoms with Crippen LogP contribution < -0.4 is 4.90 Å². The molecule has 0 radical (unpaired) electrons. The third-order valence-corrected chi connectivity index (χ3v) is 3.25. The van der Waals surface area contributed by atoms with E-state index in [-0.39, 0.29) is 5.91 Å². The first-order chi connectivity index (χ1) is 8.61. The van der Waals surface area contributed by atoms with Gasteiger partial charge in [0.1, 0.15) is 0 Å².